The molecule has 7 nitrogen and oxygen atoms in total. The van der Waals surface area contributed by atoms with E-state index < -0.39 is 59.4 Å². The Morgan fingerprint density at radius 3 is 1.89 bits per heavy atom. The lowest BCUT2D eigenvalue weighted by Gasteiger charge is -2.43. The fraction of sp³-hybridized carbons (Fsp3) is 0.520. The van der Waals surface area contributed by atoms with Gasteiger partial charge in [0.15, 0.2) is 12.1 Å². The van der Waals surface area contributed by atoms with Crippen LogP contribution in [0.25, 0.3) is 0 Å². The average Bonchev–Trinajstić information content (AvgIpc) is 3.25. The lowest BCUT2D eigenvalue weighted by atomic mass is 10.1. The Labute approximate surface area is 216 Å². The molecule has 2 aliphatic rings. The molecule has 0 radical (unpaired) electrons. The molecule has 4 atom stereocenters. The molecule has 0 saturated carbocycles. The molecule has 204 valence electrons. The van der Waals surface area contributed by atoms with Gasteiger partial charge in [-0.15, -0.1) is 0 Å². The third-order valence-corrected chi connectivity index (χ3v) is 12.5. The van der Waals surface area contributed by atoms with Gasteiger partial charge >= 0.3 is 15.6 Å². The van der Waals surface area contributed by atoms with E-state index in [0.29, 0.717) is 0 Å². The van der Waals surface area contributed by atoms with Crippen molar-refractivity contribution in [2.45, 2.75) is 75.6 Å². The van der Waals surface area contributed by atoms with Crippen molar-refractivity contribution >= 4 is 28.8 Å². The van der Waals surface area contributed by atoms with E-state index >= 15 is 0 Å². The van der Waals surface area contributed by atoms with Gasteiger partial charge in [0, 0.05) is 0 Å². The second-order valence-corrected chi connectivity index (χ2v) is 16.4. The quantitative estimate of drug-likeness (QED) is 0.290. The monoisotopic (exact) mass is 560 g/mol. The van der Waals surface area contributed by atoms with E-state index in [1.54, 1.807) is 13.8 Å². The zero-order valence-electron chi connectivity index (χ0n) is 21.2. The highest BCUT2D eigenvalue weighted by Crippen LogP contribution is 2.42. The first kappa shape index (κ1) is 28.2. The summed E-state index contributed by atoms with van der Waals surface area (Å²) in [5.41, 5.74) is -5.61. The number of hydrogen-bond acceptors (Lipinski definition) is 7. The van der Waals surface area contributed by atoms with Gasteiger partial charge in [0.05, 0.1) is 6.61 Å². The summed E-state index contributed by atoms with van der Waals surface area (Å²) in [5, 5.41) is 1.47. The molecule has 2 saturated heterocycles. The van der Waals surface area contributed by atoms with E-state index in [9.17, 15) is 21.6 Å². The van der Waals surface area contributed by atoms with Crippen molar-refractivity contribution in [1.29, 1.82) is 0 Å². The molecule has 0 bridgehead atoms. The third kappa shape index (κ3) is 5.38. The van der Waals surface area contributed by atoms with Gasteiger partial charge in [0.25, 0.3) is 8.32 Å². The first-order chi connectivity index (χ1) is 17.1. The molecule has 12 heteroatoms. The maximum atomic E-state index is 13.2. The van der Waals surface area contributed by atoms with Crippen molar-refractivity contribution in [2.75, 3.05) is 6.61 Å². The number of benzene rings is 2. The Hall–Kier alpha value is -1.80. The third-order valence-electron chi connectivity index (χ3n) is 6.49. The van der Waals surface area contributed by atoms with Crippen LogP contribution in [0.1, 0.15) is 34.6 Å². The molecule has 2 heterocycles. The van der Waals surface area contributed by atoms with Crippen LogP contribution in [0, 0.1) is 0 Å². The van der Waals surface area contributed by atoms with E-state index in [4.69, 9.17) is 22.8 Å². The Morgan fingerprint density at radius 1 is 0.919 bits per heavy atom. The second-order valence-electron chi connectivity index (χ2n) is 10.6. The van der Waals surface area contributed by atoms with Gasteiger partial charge in [-0.2, -0.15) is 21.6 Å². The van der Waals surface area contributed by atoms with Crippen LogP contribution in [0.15, 0.2) is 60.7 Å². The largest absolute Gasteiger partial charge is 0.523 e. The van der Waals surface area contributed by atoms with Crippen LogP contribution < -0.4 is 10.4 Å². The molecule has 0 aromatic heterocycles. The highest BCUT2D eigenvalue weighted by molar-refractivity contribution is 7.87. The fourth-order valence-corrected chi connectivity index (χ4v) is 10.2. The summed E-state index contributed by atoms with van der Waals surface area (Å²) in [7, 11) is -9.03. The summed E-state index contributed by atoms with van der Waals surface area (Å²) in [6.45, 7) is 8.99. The minimum absolute atomic E-state index is 0.245. The zero-order valence-corrected chi connectivity index (χ0v) is 23.0. The fourth-order valence-electron chi connectivity index (χ4n) is 4.97. The van der Waals surface area contributed by atoms with Crippen LogP contribution in [-0.4, -0.2) is 59.2 Å². The van der Waals surface area contributed by atoms with Gasteiger partial charge in [0.2, 0.25) is 0 Å². The summed E-state index contributed by atoms with van der Waals surface area (Å²) in [6.07, 6.45) is -5.14. The van der Waals surface area contributed by atoms with Crippen LogP contribution in [0.4, 0.5) is 13.2 Å². The summed E-state index contributed by atoms with van der Waals surface area (Å²) < 4.78 is 92.3. The van der Waals surface area contributed by atoms with Crippen molar-refractivity contribution in [2.24, 2.45) is 0 Å². The number of fused-ring (bicyclic) bond motifs is 1. The molecule has 2 fully saturated rings. The first-order valence-corrected chi connectivity index (χ1v) is 15.1. The Morgan fingerprint density at radius 2 is 1.43 bits per heavy atom. The minimum atomic E-state index is -5.94. The van der Waals surface area contributed by atoms with E-state index in [1.807, 2.05) is 81.4 Å². The van der Waals surface area contributed by atoms with E-state index in [-0.39, 0.29) is 6.61 Å². The van der Waals surface area contributed by atoms with Crippen LogP contribution in [0.3, 0.4) is 0 Å². The molecule has 0 aliphatic carbocycles. The Kier molecular flexibility index (Phi) is 7.43. The highest BCUT2D eigenvalue weighted by atomic mass is 32.2. The lowest BCUT2D eigenvalue weighted by molar-refractivity contribution is -0.216. The number of halogens is 3. The Bertz CT molecular complexity index is 1140. The van der Waals surface area contributed by atoms with Gasteiger partial charge in [-0.3, -0.25) is 4.18 Å². The zero-order chi connectivity index (χ0) is 27.3. The number of hydrogen-bond donors (Lipinski definition) is 0. The van der Waals surface area contributed by atoms with Crippen molar-refractivity contribution in [3.63, 3.8) is 0 Å². The topological polar surface area (TPSA) is 80.3 Å². The SMILES string of the molecule is CC1(C)O[C@@H]2O[C@H](CO[Si](c3ccccc3)(c3ccccc3)C(C)(C)C)[C@H](OS(=O)(=O)C(F)(F)F)[C@@H]2O1. The molecular weight excluding hydrogens is 529 g/mol. The predicted molar refractivity (Wildman–Crippen MR) is 132 cm³/mol. The van der Waals surface area contributed by atoms with E-state index in [0.717, 1.165) is 10.4 Å². The summed E-state index contributed by atoms with van der Waals surface area (Å²) in [6, 6.07) is 19.2. The molecule has 0 unspecified atom stereocenters. The lowest BCUT2D eigenvalue weighted by Crippen LogP contribution is -2.67. The molecular formula is C25H31F3O7SSi. The summed E-state index contributed by atoms with van der Waals surface area (Å²) in [5.74, 6) is -1.19. The standard InChI is InChI=1S/C25H31F3O7SSi/c1-23(2,3)37(17-12-8-6-9-13-17,18-14-10-7-11-15-18)31-16-19-20(35-36(29,30)25(26,27)28)21-22(32-19)34-24(4,5)33-21/h6-15,19-22H,16H2,1-5H3/t19-,20+,21+,22+/m1/s1. The van der Waals surface area contributed by atoms with Gasteiger partial charge in [-0.05, 0) is 29.3 Å². The van der Waals surface area contributed by atoms with Crippen LogP contribution in [0.5, 0.6) is 0 Å². The van der Waals surface area contributed by atoms with E-state index in [2.05, 4.69) is 0 Å². The van der Waals surface area contributed by atoms with Crippen molar-refractivity contribution < 1.29 is 44.4 Å². The number of ether oxygens (including phenoxy) is 3. The van der Waals surface area contributed by atoms with Gasteiger partial charge < -0.3 is 18.6 Å². The molecule has 2 aromatic carbocycles. The molecule has 0 N–H and O–H groups in total. The first-order valence-electron chi connectivity index (χ1n) is 11.8. The van der Waals surface area contributed by atoms with Gasteiger partial charge in [-0.25, -0.2) is 0 Å². The summed E-state index contributed by atoms with van der Waals surface area (Å²) in [4.78, 5) is 0. The maximum absolute atomic E-state index is 13.2. The highest BCUT2D eigenvalue weighted by Gasteiger charge is 2.60. The molecule has 0 spiro atoms. The molecule has 2 aromatic rings. The number of rotatable bonds is 7. The molecule has 37 heavy (non-hydrogen) atoms. The number of alkyl halides is 3. The van der Waals surface area contributed by atoms with Crippen LogP contribution in [0.2, 0.25) is 5.04 Å². The normalized spacial score (nSPS) is 26.3. The van der Waals surface area contributed by atoms with Crippen molar-refractivity contribution in [1.82, 2.24) is 0 Å². The van der Waals surface area contributed by atoms with Crippen molar-refractivity contribution in [3.05, 3.63) is 60.7 Å². The average molecular weight is 561 g/mol. The van der Waals surface area contributed by atoms with Gasteiger partial charge in [0.1, 0.15) is 18.3 Å². The van der Waals surface area contributed by atoms with Gasteiger partial charge in [-0.1, -0.05) is 81.4 Å². The molecule has 4 rings (SSSR count). The molecule has 0 amide bonds. The second kappa shape index (κ2) is 9.74. The Balaban J connectivity index is 1.72. The smallest absolute Gasteiger partial charge is 0.405 e. The maximum Gasteiger partial charge on any atom is 0.523 e. The van der Waals surface area contributed by atoms with E-state index in [1.165, 1.54) is 0 Å². The van der Waals surface area contributed by atoms with Crippen molar-refractivity contribution in [3.8, 4) is 0 Å². The van der Waals surface area contributed by atoms with Crippen LogP contribution >= 0.6 is 0 Å². The predicted octanol–water partition coefficient (Wildman–Crippen LogP) is 3.67. The summed E-state index contributed by atoms with van der Waals surface area (Å²) >= 11 is 0. The molecule has 2 aliphatic heterocycles. The van der Waals surface area contributed by atoms with Crippen LogP contribution in [-0.2, 0) is 32.9 Å². The minimum Gasteiger partial charge on any atom is -0.405 e.